The Morgan fingerprint density at radius 3 is 2.44 bits per heavy atom. The third-order valence-corrected chi connectivity index (χ3v) is 4.19. The van der Waals surface area contributed by atoms with Crippen LogP contribution in [-0.4, -0.2) is 20.6 Å². The second kappa shape index (κ2) is 6.76. The number of anilines is 1. The van der Waals surface area contributed by atoms with Crippen LogP contribution in [0, 0.1) is 0 Å². The van der Waals surface area contributed by atoms with Crippen LogP contribution < -0.4 is 10.9 Å². The van der Waals surface area contributed by atoms with Crippen LogP contribution in [0.25, 0.3) is 16.5 Å². The molecule has 0 atom stereocenters. The first kappa shape index (κ1) is 16.5. The van der Waals surface area contributed by atoms with Crippen LogP contribution in [0.15, 0.2) is 83.8 Å². The van der Waals surface area contributed by atoms with E-state index in [1.807, 2.05) is 6.07 Å². The lowest BCUT2D eigenvalue weighted by Crippen LogP contribution is -2.17. The number of hydrogen-bond donors (Lipinski definition) is 2. The SMILES string of the molecule is O=C(Nc1ccc(-n2c(O)c3ccccc3cc2=O)cc1)c1ccccn1. The van der Waals surface area contributed by atoms with E-state index < -0.39 is 0 Å². The molecule has 0 spiro atoms. The van der Waals surface area contributed by atoms with Crippen LogP contribution in [0.1, 0.15) is 10.5 Å². The minimum atomic E-state index is -0.337. The molecule has 132 valence electrons. The molecule has 6 nitrogen and oxygen atoms in total. The van der Waals surface area contributed by atoms with Crippen LogP contribution in [0.3, 0.4) is 0 Å². The topological polar surface area (TPSA) is 84.2 Å². The highest BCUT2D eigenvalue weighted by Crippen LogP contribution is 2.25. The molecule has 1 amide bonds. The predicted molar refractivity (Wildman–Crippen MR) is 103 cm³/mol. The lowest BCUT2D eigenvalue weighted by molar-refractivity contribution is 0.102. The minimum Gasteiger partial charge on any atom is -0.494 e. The molecule has 6 heteroatoms. The Bertz CT molecular complexity index is 1180. The third kappa shape index (κ3) is 3.16. The minimum absolute atomic E-state index is 0.122. The number of carbonyl (C=O) groups is 1. The second-order valence-corrected chi connectivity index (χ2v) is 5.94. The van der Waals surface area contributed by atoms with Gasteiger partial charge in [-0.3, -0.25) is 14.6 Å². The van der Waals surface area contributed by atoms with Gasteiger partial charge in [0.05, 0.1) is 5.69 Å². The Balaban J connectivity index is 1.66. The van der Waals surface area contributed by atoms with E-state index in [2.05, 4.69) is 10.3 Å². The molecule has 0 radical (unpaired) electrons. The quantitative estimate of drug-likeness (QED) is 0.589. The summed E-state index contributed by atoms with van der Waals surface area (Å²) in [5.74, 6) is -0.447. The Morgan fingerprint density at radius 2 is 1.70 bits per heavy atom. The van der Waals surface area contributed by atoms with E-state index in [0.717, 1.165) is 0 Å². The molecule has 0 bridgehead atoms. The zero-order valence-corrected chi connectivity index (χ0v) is 14.2. The number of carbonyl (C=O) groups excluding carboxylic acids is 1. The molecular weight excluding hydrogens is 342 g/mol. The number of aromatic nitrogens is 2. The Kier molecular flexibility index (Phi) is 4.14. The standard InChI is InChI=1S/C21H15N3O3/c25-19-13-14-5-1-2-6-17(14)21(27)24(19)16-10-8-15(9-11-16)23-20(26)18-7-3-4-12-22-18/h1-13,27H,(H,23,26). The molecule has 0 fully saturated rings. The third-order valence-electron chi connectivity index (χ3n) is 4.19. The van der Waals surface area contributed by atoms with Gasteiger partial charge < -0.3 is 10.4 Å². The van der Waals surface area contributed by atoms with Gasteiger partial charge in [-0.05, 0) is 47.9 Å². The lowest BCUT2D eigenvalue weighted by Gasteiger charge is -2.12. The normalized spacial score (nSPS) is 10.7. The summed E-state index contributed by atoms with van der Waals surface area (Å²) in [5.41, 5.74) is 1.03. The molecule has 2 aromatic carbocycles. The summed E-state index contributed by atoms with van der Waals surface area (Å²) in [7, 11) is 0. The van der Waals surface area contributed by atoms with Crippen molar-refractivity contribution >= 4 is 22.4 Å². The van der Waals surface area contributed by atoms with Gasteiger partial charge in [0.2, 0.25) is 5.88 Å². The molecule has 0 saturated carbocycles. The maximum Gasteiger partial charge on any atom is 0.274 e. The highest BCUT2D eigenvalue weighted by Gasteiger charge is 2.11. The summed E-state index contributed by atoms with van der Waals surface area (Å²) in [5, 5.41) is 14.5. The number of benzene rings is 2. The van der Waals surface area contributed by atoms with E-state index in [0.29, 0.717) is 27.8 Å². The van der Waals surface area contributed by atoms with Crippen LogP contribution >= 0.6 is 0 Å². The van der Waals surface area contributed by atoms with Gasteiger partial charge in [-0.25, -0.2) is 4.57 Å². The Hall–Kier alpha value is -3.93. The highest BCUT2D eigenvalue weighted by molar-refractivity contribution is 6.02. The van der Waals surface area contributed by atoms with Gasteiger partial charge in [-0.15, -0.1) is 0 Å². The molecule has 0 aliphatic heterocycles. The number of hydrogen-bond acceptors (Lipinski definition) is 4. The van der Waals surface area contributed by atoms with Crippen molar-refractivity contribution < 1.29 is 9.90 Å². The molecule has 0 saturated heterocycles. The van der Waals surface area contributed by atoms with Crippen molar-refractivity contribution in [1.29, 1.82) is 0 Å². The van der Waals surface area contributed by atoms with Crippen molar-refractivity contribution in [1.82, 2.24) is 9.55 Å². The maximum atomic E-state index is 12.4. The number of aromatic hydroxyl groups is 1. The average Bonchev–Trinajstić information content (AvgIpc) is 2.70. The predicted octanol–water partition coefficient (Wildman–Crippen LogP) is 3.34. The van der Waals surface area contributed by atoms with Gasteiger partial charge in [0.25, 0.3) is 11.5 Å². The largest absolute Gasteiger partial charge is 0.494 e. The zero-order chi connectivity index (χ0) is 18.8. The highest BCUT2D eigenvalue weighted by atomic mass is 16.3. The molecule has 2 heterocycles. The molecule has 4 rings (SSSR count). The number of nitrogens with one attached hydrogen (secondary N) is 1. The van der Waals surface area contributed by atoms with Crippen molar-refractivity contribution in [3.63, 3.8) is 0 Å². The average molecular weight is 357 g/mol. The molecule has 4 aromatic rings. The van der Waals surface area contributed by atoms with Crippen LogP contribution in [-0.2, 0) is 0 Å². The first-order chi connectivity index (χ1) is 13.1. The lowest BCUT2D eigenvalue weighted by atomic mass is 10.1. The van der Waals surface area contributed by atoms with Gasteiger partial charge in [-0.1, -0.05) is 24.3 Å². The van der Waals surface area contributed by atoms with Gasteiger partial charge in [0.15, 0.2) is 0 Å². The number of rotatable bonds is 3. The van der Waals surface area contributed by atoms with Gasteiger partial charge in [0, 0.05) is 23.3 Å². The first-order valence-electron chi connectivity index (χ1n) is 8.30. The van der Waals surface area contributed by atoms with E-state index in [1.54, 1.807) is 66.9 Å². The molecule has 2 aromatic heterocycles. The van der Waals surface area contributed by atoms with Crippen LogP contribution in [0.4, 0.5) is 5.69 Å². The van der Waals surface area contributed by atoms with Crippen molar-refractivity contribution in [3.05, 3.63) is 95.0 Å². The summed E-state index contributed by atoms with van der Waals surface area (Å²) in [6, 6.07) is 20.3. The smallest absolute Gasteiger partial charge is 0.274 e. The first-order valence-corrected chi connectivity index (χ1v) is 8.30. The van der Waals surface area contributed by atoms with Crippen molar-refractivity contribution in [3.8, 4) is 11.6 Å². The number of amides is 1. The van der Waals surface area contributed by atoms with Gasteiger partial charge >= 0.3 is 0 Å². The van der Waals surface area contributed by atoms with Gasteiger partial charge in [0.1, 0.15) is 5.69 Å². The molecule has 0 aliphatic rings. The van der Waals surface area contributed by atoms with E-state index >= 15 is 0 Å². The monoisotopic (exact) mass is 357 g/mol. The fraction of sp³-hybridized carbons (Fsp3) is 0. The Morgan fingerprint density at radius 1 is 0.963 bits per heavy atom. The molecule has 0 unspecified atom stereocenters. The molecule has 2 N–H and O–H groups in total. The van der Waals surface area contributed by atoms with E-state index in [9.17, 15) is 14.7 Å². The fourth-order valence-corrected chi connectivity index (χ4v) is 2.88. The summed E-state index contributed by atoms with van der Waals surface area (Å²) in [6.45, 7) is 0. The fourth-order valence-electron chi connectivity index (χ4n) is 2.88. The van der Waals surface area contributed by atoms with E-state index in [-0.39, 0.29) is 17.3 Å². The van der Waals surface area contributed by atoms with Crippen molar-refractivity contribution in [2.45, 2.75) is 0 Å². The number of pyridine rings is 2. The van der Waals surface area contributed by atoms with E-state index in [4.69, 9.17) is 0 Å². The van der Waals surface area contributed by atoms with Crippen molar-refractivity contribution in [2.75, 3.05) is 5.32 Å². The summed E-state index contributed by atoms with van der Waals surface area (Å²) < 4.78 is 1.23. The summed E-state index contributed by atoms with van der Waals surface area (Å²) in [4.78, 5) is 28.6. The van der Waals surface area contributed by atoms with E-state index in [1.165, 1.54) is 10.6 Å². The Labute approximate surface area is 154 Å². The second-order valence-electron chi connectivity index (χ2n) is 5.94. The number of nitrogens with zero attached hydrogens (tertiary/aromatic N) is 2. The van der Waals surface area contributed by atoms with Crippen molar-refractivity contribution in [2.24, 2.45) is 0 Å². The number of fused-ring (bicyclic) bond motifs is 1. The van der Waals surface area contributed by atoms with Gasteiger partial charge in [-0.2, -0.15) is 0 Å². The maximum absolute atomic E-state index is 12.4. The summed E-state index contributed by atoms with van der Waals surface area (Å²) in [6.07, 6.45) is 1.55. The van der Waals surface area contributed by atoms with Crippen LogP contribution in [0.5, 0.6) is 5.88 Å². The van der Waals surface area contributed by atoms with Crippen LogP contribution in [0.2, 0.25) is 0 Å². The molecule has 27 heavy (non-hydrogen) atoms. The molecule has 0 aliphatic carbocycles. The molecular formula is C21H15N3O3. The zero-order valence-electron chi connectivity index (χ0n) is 14.2. The summed E-state index contributed by atoms with van der Waals surface area (Å²) >= 11 is 0.